The Balaban J connectivity index is 1.53. The minimum atomic E-state index is -0.265. The molecule has 2 N–H and O–H groups in total. The number of aromatic nitrogens is 4. The van der Waals surface area contributed by atoms with Crippen molar-refractivity contribution in [3.8, 4) is 5.75 Å². The number of amides is 1. The number of anilines is 3. The molecule has 1 aromatic carbocycles. The fourth-order valence-electron chi connectivity index (χ4n) is 2.91. The lowest BCUT2D eigenvalue weighted by Crippen LogP contribution is -2.09. The Morgan fingerprint density at radius 3 is 2.81 bits per heavy atom. The lowest BCUT2D eigenvalue weighted by molar-refractivity contribution is -0.111. The highest BCUT2D eigenvalue weighted by Crippen LogP contribution is 2.31. The monoisotopic (exact) mass is 446 g/mol. The molecule has 0 bridgehead atoms. The van der Waals surface area contributed by atoms with Crippen LogP contribution in [-0.4, -0.2) is 25.8 Å². The topological polar surface area (TPSA) is 102 Å². The van der Waals surface area contributed by atoms with E-state index in [1.165, 1.54) is 12.4 Å². The summed E-state index contributed by atoms with van der Waals surface area (Å²) < 4.78 is 5.77. The maximum Gasteiger partial charge on any atom is 0.249 e. The van der Waals surface area contributed by atoms with Crippen LogP contribution in [0.15, 0.2) is 73.3 Å². The number of fused-ring (bicyclic) bond motifs is 1. The zero-order valence-corrected chi connectivity index (χ0v) is 17.9. The predicted molar refractivity (Wildman–Crippen MR) is 124 cm³/mol. The molecule has 0 unspecified atom stereocenters. The first-order valence-electron chi connectivity index (χ1n) is 9.76. The van der Waals surface area contributed by atoms with Crippen molar-refractivity contribution in [1.29, 1.82) is 0 Å². The second kappa shape index (κ2) is 9.84. The van der Waals surface area contributed by atoms with E-state index in [0.717, 1.165) is 11.4 Å². The minimum Gasteiger partial charge on any atom is -0.486 e. The first-order chi connectivity index (χ1) is 15.6. The molecule has 0 spiro atoms. The van der Waals surface area contributed by atoms with Gasteiger partial charge in [0.25, 0.3) is 0 Å². The molecular weight excluding hydrogens is 428 g/mol. The first kappa shape index (κ1) is 21.2. The SMILES string of the molecule is C/C=C/C(=O)Nc1cc2c(Nc3ccc(OCc4ccccn4)c(Cl)c3)ncnc2cn1. The molecular formula is C23H19ClN6O2. The summed E-state index contributed by atoms with van der Waals surface area (Å²) in [6, 6.07) is 12.7. The Morgan fingerprint density at radius 2 is 2.03 bits per heavy atom. The summed E-state index contributed by atoms with van der Waals surface area (Å²) in [5, 5.41) is 7.09. The smallest absolute Gasteiger partial charge is 0.249 e. The van der Waals surface area contributed by atoms with Gasteiger partial charge in [0.2, 0.25) is 5.91 Å². The second-order valence-electron chi connectivity index (χ2n) is 6.68. The van der Waals surface area contributed by atoms with Gasteiger partial charge in [-0.15, -0.1) is 0 Å². The molecule has 0 aliphatic heterocycles. The van der Waals surface area contributed by atoms with Crippen LogP contribution in [0.1, 0.15) is 12.6 Å². The summed E-state index contributed by atoms with van der Waals surface area (Å²) in [4.78, 5) is 28.8. The largest absolute Gasteiger partial charge is 0.486 e. The number of nitrogens with one attached hydrogen (secondary N) is 2. The molecule has 9 heteroatoms. The van der Waals surface area contributed by atoms with Gasteiger partial charge in [-0.2, -0.15) is 0 Å². The van der Waals surface area contributed by atoms with E-state index in [-0.39, 0.29) is 5.91 Å². The van der Waals surface area contributed by atoms with Crippen molar-refractivity contribution in [1.82, 2.24) is 19.9 Å². The molecule has 32 heavy (non-hydrogen) atoms. The van der Waals surface area contributed by atoms with Crippen LogP contribution in [-0.2, 0) is 11.4 Å². The molecule has 3 aromatic heterocycles. The van der Waals surface area contributed by atoms with Crippen LogP contribution >= 0.6 is 11.6 Å². The van der Waals surface area contributed by atoms with Crippen molar-refractivity contribution < 1.29 is 9.53 Å². The Kier molecular flexibility index (Phi) is 6.52. The van der Waals surface area contributed by atoms with E-state index in [1.807, 2.05) is 24.3 Å². The normalized spacial score (nSPS) is 10.9. The Morgan fingerprint density at radius 1 is 1.12 bits per heavy atom. The maximum absolute atomic E-state index is 11.8. The molecule has 4 aromatic rings. The van der Waals surface area contributed by atoms with Crippen LogP contribution < -0.4 is 15.4 Å². The Labute approximate surface area is 189 Å². The van der Waals surface area contributed by atoms with Gasteiger partial charge >= 0.3 is 0 Å². The van der Waals surface area contributed by atoms with Crippen LogP contribution in [0.25, 0.3) is 10.9 Å². The quantitative estimate of drug-likeness (QED) is 0.389. The van der Waals surface area contributed by atoms with Gasteiger partial charge in [-0.1, -0.05) is 23.7 Å². The summed E-state index contributed by atoms with van der Waals surface area (Å²) >= 11 is 6.41. The number of carbonyl (C=O) groups excluding carboxylic acids is 1. The van der Waals surface area contributed by atoms with Crippen LogP contribution in [0, 0.1) is 0 Å². The standard InChI is InChI=1S/C23H19ClN6O2/c1-2-5-22(31)30-21-11-17-19(12-26-21)27-14-28-23(17)29-15-7-8-20(18(24)10-15)32-13-16-6-3-4-9-25-16/h2-12,14H,13H2,1H3,(H,26,30,31)(H,27,28,29)/b5-2+. The zero-order chi connectivity index (χ0) is 22.3. The lowest BCUT2D eigenvalue weighted by atomic mass is 10.2. The van der Waals surface area contributed by atoms with E-state index < -0.39 is 0 Å². The summed E-state index contributed by atoms with van der Waals surface area (Å²) in [6.45, 7) is 2.09. The highest BCUT2D eigenvalue weighted by atomic mass is 35.5. The van der Waals surface area contributed by atoms with Crippen molar-refractivity contribution in [2.24, 2.45) is 0 Å². The number of pyridine rings is 2. The van der Waals surface area contributed by atoms with Crippen molar-refractivity contribution in [3.05, 3.63) is 84.1 Å². The van der Waals surface area contributed by atoms with Crippen molar-refractivity contribution in [2.75, 3.05) is 10.6 Å². The number of hydrogen-bond donors (Lipinski definition) is 2. The Hall–Kier alpha value is -4.04. The van der Waals surface area contributed by atoms with Crippen LogP contribution in [0.3, 0.4) is 0 Å². The minimum absolute atomic E-state index is 0.265. The van der Waals surface area contributed by atoms with E-state index >= 15 is 0 Å². The molecule has 8 nitrogen and oxygen atoms in total. The number of benzene rings is 1. The number of hydrogen-bond acceptors (Lipinski definition) is 7. The van der Waals surface area contributed by atoms with E-state index in [2.05, 4.69) is 30.6 Å². The highest BCUT2D eigenvalue weighted by Gasteiger charge is 2.10. The number of rotatable bonds is 7. The molecule has 0 saturated heterocycles. The average molecular weight is 447 g/mol. The first-order valence-corrected chi connectivity index (χ1v) is 10.1. The maximum atomic E-state index is 11.8. The van der Waals surface area contributed by atoms with Crippen molar-refractivity contribution in [3.63, 3.8) is 0 Å². The van der Waals surface area contributed by atoms with Crippen molar-refractivity contribution >= 4 is 45.7 Å². The molecule has 0 radical (unpaired) electrons. The molecule has 0 aliphatic rings. The number of halogens is 1. The van der Waals surface area contributed by atoms with Gasteiger partial charge in [-0.05, 0) is 49.4 Å². The lowest BCUT2D eigenvalue weighted by Gasteiger charge is -2.12. The van der Waals surface area contributed by atoms with E-state index in [1.54, 1.807) is 43.6 Å². The van der Waals surface area contributed by atoms with Crippen molar-refractivity contribution in [2.45, 2.75) is 13.5 Å². The van der Waals surface area contributed by atoms with Gasteiger partial charge in [0.05, 0.1) is 22.4 Å². The molecule has 160 valence electrons. The number of allylic oxidation sites excluding steroid dienone is 1. The Bertz CT molecular complexity index is 1280. The van der Waals surface area contributed by atoms with Crippen LogP contribution in [0.5, 0.6) is 5.75 Å². The van der Waals surface area contributed by atoms with Gasteiger partial charge in [0, 0.05) is 17.3 Å². The molecule has 0 fully saturated rings. The third-order valence-corrected chi connectivity index (χ3v) is 4.68. The fourth-order valence-corrected chi connectivity index (χ4v) is 3.15. The summed E-state index contributed by atoms with van der Waals surface area (Å²) in [5.41, 5.74) is 2.16. The second-order valence-corrected chi connectivity index (χ2v) is 7.09. The molecule has 0 saturated carbocycles. The summed E-state index contributed by atoms with van der Waals surface area (Å²) in [6.07, 6.45) is 7.81. The number of nitrogens with zero attached hydrogens (tertiary/aromatic N) is 4. The zero-order valence-electron chi connectivity index (χ0n) is 17.1. The van der Waals surface area contributed by atoms with Gasteiger partial charge in [-0.3, -0.25) is 9.78 Å². The van der Waals surface area contributed by atoms with Gasteiger partial charge in [-0.25, -0.2) is 15.0 Å². The van der Waals surface area contributed by atoms with Gasteiger partial charge < -0.3 is 15.4 Å². The molecule has 4 rings (SSSR count). The van der Waals surface area contributed by atoms with E-state index in [4.69, 9.17) is 16.3 Å². The van der Waals surface area contributed by atoms with Gasteiger partial charge in [0.1, 0.15) is 30.3 Å². The fraction of sp³-hybridized carbons (Fsp3) is 0.0870. The summed E-state index contributed by atoms with van der Waals surface area (Å²) in [5.74, 6) is 1.24. The third kappa shape index (κ3) is 5.16. The molecule has 3 heterocycles. The summed E-state index contributed by atoms with van der Waals surface area (Å²) in [7, 11) is 0. The molecule has 0 aliphatic carbocycles. The number of ether oxygens (including phenoxy) is 1. The molecule has 0 atom stereocenters. The van der Waals surface area contributed by atoms with Crippen LogP contribution in [0.4, 0.5) is 17.3 Å². The third-order valence-electron chi connectivity index (χ3n) is 4.39. The van der Waals surface area contributed by atoms with Gasteiger partial charge in [0.15, 0.2) is 0 Å². The van der Waals surface area contributed by atoms with Crippen LogP contribution in [0.2, 0.25) is 5.02 Å². The average Bonchev–Trinajstić information content (AvgIpc) is 2.80. The highest BCUT2D eigenvalue weighted by molar-refractivity contribution is 6.32. The molecule has 1 amide bonds. The van der Waals surface area contributed by atoms with E-state index in [0.29, 0.717) is 39.9 Å². The number of carbonyl (C=O) groups is 1. The predicted octanol–water partition coefficient (Wildman–Crippen LogP) is 4.91. The van der Waals surface area contributed by atoms with E-state index in [9.17, 15) is 4.79 Å².